The minimum Gasteiger partial charge on any atom is -0.453 e. The highest BCUT2D eigenvalue weighted by Gasteiger charge is 2.42. The summed E-state index contributed by atoms with van der Waals surface area (Å²) in [4.78, 5) is 45.6. The van der Waals surface area contributed by atoms with Crippen LogP contribution in [0.25, 0.3) is 10.9 Å². The molecule has 4 aliphatic rings. The maximum Gasteiger partial charge on any atom is 0.409 e. The Kier molecular flexibility index (Phi) is 10.5. The van der Waals surface area contributed by atoms with Crippen molar-refractivity contribution in [1.82, 2.24) is 28.9 Å². The van der Waals surface area contributed by atoms with Crippen molar-refractivity contribution in [2.24, 2.45) is 0 Å². The van der Waals surface area contributed by atoms with E-state index in [2.05, 4.69) is 15.1 Å². The Hall–Kier alpha value is -3.04. The van der Waals surface area contributed by atoms with Crippen molar-refractivity contribution >= 4 is 32.9 Å². The van der Waals surface area contributed by atoms with Crippen molar-refractivity contribution in [2.75, 3.05) is 58.7 Å². The molecule has 4 fully saturated rings. The zero-order chi connectivity index (χ0) is 34.2. The number of carbonyl (C=O) groups is 2. The largest absolute Gasteiger partial charge is 0.453 e. The number of benzene rings is 1. The molecule has 0 aliphatic carbocycles. The van der Waals surface area contributed by atoms with E-state index in [9.17, 15) is 27.9 Å². The quantitative estimate of drug-likeness (QED) is 0.362. The van der Waals surface area contributed by atoms with Crippen molar-refractivity contribution in [1.29, 1.82) is 0 Å². The number of hydrogen-bond acceptors (Lipinski definition) is 9. The molecule has 1 aromatic carbocycles. The average Bonchev–Trinajstić information content (AvgIpc) is 3.72. The molecule has 2 bridgehead atoms. The first-order valence-electron chi connectivity index (χ1n) is 17.4. The summed E-state index contributed by atoms with van der Waals surface area (Å²) in [5, 5.41) is 15.2. The first-order valence-corrected chi connectivity index (χ1v) is 19.0. The van der Waals surface area contributed by atoms with Gasteiger partial charge in [0.15, 0.2) is 0 Å². The number of pyridine rings is 1. The van der Waals surface area contributed by atoms with Gasteiger partial charge in [-0.1, -0.05) is 18.2 Å². The summed E-state index contributed by atoms with van der Waals surface area (Å²) in [5.74, 6) is -0.129. The molecule has 0 spiro atoms. The van der Waals surface area contributed by atoms with Gasteiger partial charge in [-0.05, 0) is 76.4 Å². The lowest BCUT2D eigenvalue weighted by Crippen LogP contribution is -2.54. The smallest absolute Gasteiger partial charge is 0.409 e. The number of nitrogens with one attached hydrogen (secondary N) is 1. The molecule has 5 heterocycles. The number of amides is 2. The van der Waals surface area contributed by atoms with Crippen LogP contribution >= 0.6 is 0 Å². The van der Waals surface area contributed by atoms with Crippen molar-refractivity contribution in [2.45, 2.75) is 88.7 Å². The molecule has 2 aromatic rings. The number of carbonyl (C=O) groups excluding carboxylic acids is 2. The standard InChI is InChI=1S/C34H50N6O7S/c1-23(2)40-31-8-5-4-7-24(31)17-30(33(40)43)32(42)35-25-18-26-9-10-27(19-25)38(26)22-29(41)21-37(34(44)47-3)15-14-36-13-11-28(20-36)39-12-6-16-48(39,45)46/h4-5,7-8,17,23,25-29,41H,6,9-16,18-22H2,1-3H3,(H,35,42)/t25-,26+,27-,28?,29?. The molecule has 2 N–H and O–H groups in total. The van der Waals surface area contributed by atoms with Gasteiger partial charge in [0.25, 0.3) is 11.5 Å². The van der Waals surface area contributed by atoms with Gasteiger partial charge in [0.2, 0.25) is 10.0 Å². The van der Waals surface area contributed by atoms with Gasteiger partial charge in [0.05, 0.1) is 31.0 Å². The van der Waals surface area contributed by atoms with Gasteiger partial charge in [0, 0.05) is 62.9 Å². The molecule has 5 atom stereocenters. The van der Waals surface area contributed by atoms with Crippen LogP contribution in [0.4, 0.5) is 4.79 Å². The fourth-order valence-corrected chi connectivity index (χ4v) is 10.2. The van der Waals surface area contributed by atoms with Crippen LogP contribution in [0.15, 0.2) is 35.1 Å². The van der Waals surface area contributed by atoms with Crippen molar-refractivity contribution in [3.63, 3.8) is 0 Å². The molecule has 6 rings (SSSR count). The number of rotatable bonds is 11. The second-order valence-electron chi connectivity index (χ2n) is 14.2. The highest BCUT2D eigenvalue weighted by molar-refractivity contribution is 7.89. The summed E-state index contributed by atoms with van der Waals surface area (Å²) in [7, 11) is -1.83. The highest BCUT2D eigenvalue weighted by atomic mass is 32.2. The van der Waals surface area contributed by atoms with Crippen LogP contribution in [-0.4, -0.2) is 138 Å². The van der Waals surface area contributed by atoms with Crippen molar-refractivity contribution in [3.05, 3.63) is 46.2 Å². The van der Waals surface area contributed by atoms with Gasteiger partial charge < -0.3 is 24.6 Å². The third-order valence-corrected chi connectivity index (χ3v) is 12.7. The zero-order valence-corrected chi connectivity index (χ0v) is 29.1. The molecular weight excluding hydrogens is 636 g/mol. The van der Waals surface area contributed by atoms with E-state index in [1.807, 2.05) is 38.1 Å². The summed E-state index contributed by atoms with van der Waals surface area (Å²) < 4.78 is 33.1. The predicted octanol–water partition coefficient (Wildman–Crippen LogP) is 1.85. The summed E-state index contributed by atoms with van der Waals surface area (Å²) in [6.45, 7) is 7.34. The number of hydrogen-bond donors (Lipinski definition) is 2. The van der Waals surface area contributed by atoms with Gasteiger partial charge in [-0.2, -0.15) is 4.31 Å². The number of ether oxygens (including phenoxy) is 1. The van der Waals surface area contributed by atoms with Crippen LogP contribution in [0.2, 0.25) is 0 Å². The zero-order valence-electron chi connectivity index (χ0n) is 28.3. The number of aliphatic hydroxyl groups is 1. The second-order valence-corrected chi connectivity index (χ2v) is 16.2. The molecule has 2 unspecified atom stereocenters. The van der Waals surface area contributed by atoms with E-state index in [4.69, 9.17) is 4.74 Å². The molecule has 14 heteroatoms. The third kappa shape index (κ3) is 7.28. The lowest BCUT2D eigenvalue weighted by molar-refractivity contribution is 0.0301. The predicted molar refractivity (Wildman–Crippen MR) is 183 cm³/mol. The fraction of sp³-hybridized carbons (Fsp3) is 0.676. The lowest BCUT2D eigenvalue weighted by atomic mass is 9.96. The summed E-state index contributed by atoms with van der Waals surface area (Å²) >= 11 is 0. The van der Waals surface area contributed by atoms with E-state index in [1.165, 1.54) is 12.0 Å². The van der Waals surface area contributed by atoms with E-state index in [-0.39, 0.29) is 59.5 Å². The Morgan fingerprint density at radius 1 is 1.08 bits per heavy atom. The number of para-hydroxylation sites is 1. The first kappa shape index (κ1) is 34.8. The number of fused-ring (bicyclic) bond motifs is 3. The molecule has 2 amide bonds. The van der Waals surface area contributed by atoms with Gasteiger partial charge in [-0.25, -0.2) is 13.2 Å². The van der Waals surface area contributed by atoms with E-state index in [0.717, 1.165) is 49.6 Å². The van der Waals surface area contributed by atoms with Crippen LogP contribution in [-0.2, 0) is 14.8 Å². The van der Waals surface area contributed by atoms with Crippen LogP contribution in [0.5, 0.6) is 0 Å². The maximum atomic E-state index is 13.5. The molecule has 4 saturated heterocycles. The summed E-state index contributed by atoms with van der Waals surface area (Å²) in [5.41, 5.74) is 0.676. The van der Waals surface area contributed by atoms with Crippen molar-refractivity contribution in [3.8, 4) is 0 Å². The highest BCUT2D eigenvalue weighted by Crippen LogP contribution is 2.36. The number of sulfonamides is 1. The van der Waals surface area contributed by atoms with Crippen LogP contribution in [0.3, 0.4) is 0 Å². The Morgan fingerprint density at radius 3 is 2.48 bits per heavy atom. The van der Waals surface area contributed by atoms with Crippen LogP contribution in [0, 0.1) is 0 Å². The minimum atomic E-state index is -3.16. The minimum absolute atomic E-state index is 0.0239. The van der Waals surface area contributed by atoms with E-state index in [1.54, 1.807) is 14.9 Å². The second kappa shape index (κ2) is 14.4. The first-order chi connectivity index (χ1) is 22.9. The average molecular weight is 687 g/mol. The van der Waals surface area contributed by atoms with Gasteiger partial charge >= 0.3 is 6.09 Å². The molecule has 13 nitrogen and oxygen atoms in total. The summed E-state index contributed by atoms with van der Waals surface area (Å²) in [6, 6.07) is 9.48. The number of nitrogens with zero attached hydrogens (tertiary/aromatic N) is 5. The SMILES string of the molecule is COC(=O)N(CCN1CCC(N2CCCS2(=O)=O)C1)CC(O)CN1[C@@H]2CC[C@H]1C[C@@H](NC(=O)c1cc3ccccc3n(C(C)C)c1=O)C2. The van der Waals surface area contributed by atoms with Crippen LogP contribution in [0.1, 0.15) is 68.8 Å². The Morgan fingerprint density at radius 2 is 1.81 bits per heavy atom. The summed E-state index contributed by atoms with van der Waals surface area (Å²) in [6.07, 6.45) is 3.54. The normalized spacial score (nSPS) is 26.7. The fourth-order valence-electron chi connectivity index (χ4n) is 8.44. The van der Waals surface area contributed by atoms with Gasteiger partial charge in [-0.3, -0.25) is 19.4 Å². The van der Waals surface area contributed by atoms with E-state index < -0.39 is 22.2 Å². The number of likely N-dealkylation sites (tertiary alicyclic amines) is 1. The Bertz CT molecular complexity index is 1650. The van der Waals surface area contributed by atoms with Gasteiger partial charge in [-0.15, -0.1) is 0 Å². The lowest BCUT2D eigenvalue weighted by Gasteiger charge is -2.40. The topological polar surface area (TPSA) is 145 Å². The van der Waals surface area contributed by atoms with E-state index >= 15 is 0 Å². The van der Waals surface area contributed by atoms with Crippen molar-refractivity contribution < 1.29 is 27.9 Å². The number of methoxy groups -OCH3 is 1. The van der Waals surface area contributed by atoms with Gasteiger partial charge in [0.1, 0.15) is 5.56 Å². The Balaban J connectivity index is 1.02. The van der Waals surface area contributed by atoms with E-state index in [0.29, 0.717) is 39.1 Å². The molecule has 264 valence electrons. The van der Waals surface area contributed by atoms with Crippen LogP contribution < -0.4 is 10.9 Å². The molecule has 4 aliphatic heterocycles. The maximum absolute atomic E-state index is 13.5. The third-order valence-electron chi connectivity index (χ3n) is 10.7. The molecule has 0 radical (unpaired) electrons. The number of aromatic nitrogens is 1. The molecule has 0 saturated carbocycles. The monoisotopic (exact) mass is 686 g/mol. The molecular formula is C34H50N6O7S. The Labute approximate surface area is 282 Å². The number of piperidine rings is 1. The molecule has 48 heavy (non-hydrogen) atoms. The molecule has 1 aromatic heterocycles. The number of aliphatic hydroxyl groups excluding tert-OH is 1.